The number of rotatable bonds is 1. The van der Waals surface area contributed by atoms with Crippen LogP contribution in [0.15, 0.2) is 48.5 Å². The number of anilines is 2. The fourth-order valence-corrected chi connectivity index (χ4v) is 3.84. The Hall–Kier alpha value is -1.78. The molecule has 0 saturated carbocycles. The summed E-state index contributed by atoms with van der Waals surface area (Å²) in [6.45, 7) is 13.0. The van der Waals surface area contributed by atoms with Gasteiger partial charge in [-0.3, -0.25) is 0 Å². The Labute approximate surface area is 151 Å². The molecule has 0 unspecified atom stereocenters. The normalized spacial score (nSPS) is 22.5. The minimum atomic E-state index is -0.441. The summed E-state index contributed by atoms with van der Waals surface area (Å²) < 4.78 is 12.8. The number of hydrogen-bond donors (Lipinski definition) is 0. The number of fused-ring (bicyclic) bond motifs is 2. The van der Waals surface area contributed by atoms with Gasteiger partial charge in [0.1, 0.15) is 0 Å². The van der Waals surface area contributed by atoms with E-state index in [1.54, 1.807) is 0 Å². The number of benzene rings is 2. The number of hydrogen-bond acceptors (Lipinski definition) is 3. The SMILES string of the molecule is CC1(C)c2ccccc2N(B2OC(C)(C)C(C)(C)O2)c2ccccc21. The van der Waals surface area contributed by atoms with Crippen LogP contribution in [0, 0.1) is 0 Å². The van der Waals surface area contributed by atoms with E-state index in [1.807, 2.05) is 0 Å². The van der Waals surface area contributed by atoms with E-state index in [2.05, 4.69) is 94.9 Å². The van der Waals surface area contributed by atoms with Crippen molar-refractivity contribution in [1.29, 1.82) is 0 Å². The predicted octanol–water partition coefficient (Wildman–Crippen LogP) is 5.05. The minimum absolute atomic E-state index is 0.0622. The zero-order valence-electron chi connectivity index (χ0n) is 16.0. The Morgan fingerprint density at radius 2 is 1.08 bits per heavy atom. The molecule has 0 amide bonds. The first kappa shape index (κ1) is 16.7. The van der Waals surface area contributed by atoms with Crippen molar-refractivity contribution < 1.29 is 9.31 Å². The van der Waals surface area contributed by atoms with Crippen LogP contribution in [0.25, 0.3) is 0 Å². The number of nitrogens with zero attached hydrogens (tertiary/aromatic N) is 1. The van der Waals surface area contributed by atoms with Crippen molar-refractivity contribution in [1.82, 2.24) is 0 Å². The summed E-state index contributed by atoms with van der Waals surface area (Å²) >= 11 is 0. The largest absolute Gasteiger partial charge is 0.598 e. The van der Waals surface area contributed by atoms with E-state index in [0.717, 1.165) is 11.4 Å². The molecule has 25 heavy (non-hydrogen) atoms. The van der Waals surface area contributed by atoms with E-state index in [-0.39, 0.29) is 16.6 Å². The third-order valence-corrected chi connectivity index (χ3v) is 6.13. The van der Waals surface area contributed by atoms with Crippen LogP contribution in [0.3, 0.4) is 0 Å². The highest BCUT2D eigenvalue weighted by atomic mass is 16.7. The zero-order chi connectivity index (χ0) is 18.0. The Bertz CT molecular complexity index is 763. The van der Waals surface area contributed by atoms with Crippen LogP contribution in [0.5, 0.6) is 0 Å². The summed E-state index contributed by atoms with van der Waals surface area (Å²) in [5.74, 6) is 0. The van der Waals surface area contributed by atoms with Gasteiger partial charge in [-0.2, -0.15) is 0 Å². The van der Waals surface area contributed by atoms with Crippen molar-refractivity contribution in [2.75, 3.05) is 4.81 Å². The first-order valence-corrected chi connectivity index (χ1v) is 8.99. The molecule has 0 radical (unpaired) electrons. The highest BCUT2D eigenvalue weighted by molar-refractivity contribution is 6.53. The maximum absolute atomic E-state index is 6.39. The minimum Gasteiger partial charge on any atom is -0.384 e. The summed E-state index contributed by atoms with van der Waals surface area (Å²) in [6, 6.07) is 17.1. The van der Waals surface area contributed by atoms with Gasteiger partial charge in [0.05, 0.1) is 11.2 Å². The molecule has 0 aliphatic carbocycles. The van der Waals surface area contributed by atoms with Crippen molar-refractivity contribution in [2.24, 2.45) is 0 Å². The maximum atomic E-state index is 6.39. The molecule has 0 aromatic heterocycles. The van der Waals surface area contributed by atoms with Gasteiger partial charge in [-0.25, -0.2) is 0 Å². The van der Waals surface area contributed by atoms with Gasteiger partial charge in [-0.15, -0.1) is 0 Å². The molecule has 0 atom stereocenters. The van der Waals surface area contributed by atoms with Crippen LogP contribution >= 0.6 is 0 Å². The molecule has 1 saturated heterocycles. The molecule has 0 bridgehead atoms. The Kier molecular flexibility index (Phi) is 3.42. The lowest BCUT2D eigenvalue weighted by atomic mass is 9.72. The van der Waals surface area contributed by atoms with Gasteiger partial charge in [0.25, 0.3) is 0 Å². The second kappa shape index (κ2) is 5.12. The van der Waals surface area contributed by atoms with E-state index in [9.17, 15) is 0 Å². The second-order valence-electron chi connectivity index (χ2n) is 8.59. The molecular weight excluding hydrogens is 309 g/mol. The molecule has 2 aromatic carbocycles. The molecule has 4 rings (SSSR count). The molecule has 4 heteroatoms. The van der Waals surface area contributed by atoms with Gasteiger partial charge in [0, 0.05) is 16.8 Å². The molecule has 130 valence electrons. The third-order valence-electron chi connectivity index (χ3n) is 6.13. The topological polar surface area (TPSA) is 21.7 Å². The van der Waals surface area contributed by atoms with E-state index in [4.69, 9.17) is 9.31 Å². The van der Waals surface area contributed by atoms with Crippen LogP contribution in [0.2, 0.25) is 0 Å². The lowest BCUT2D eigenvalue weighted by Crippen LogP contribution is -2.44. The molecule has 2 heterocycles. The van der Waals surface area contributed by atoms with Gasteiger partial charge in [-0.1, -0.05) is 50.2 Å². The average molecular weight is 335 g/mol. The summed E-state index contributed by atoms with van der Waals surface area (Å²) in [5.41, 5.74) is 4.11. The molecular formula is C21H26BNO2. The van der Waals surface area contributed by atoms with E-state index < -0.39 is 7.25 Å². The molecule has 2 aromatic rings. The van der Waals surface area contributed by atoms with Crippen LogP contribution in [-0.2, 0) is 14.7 Å². The predicted molar refractivity (Wildman–Crippen MR) is 103 cm³/mol. The fraction of sp³-hybridized carbons (Fsp3) is 0.429. The third kappa shape index (κ3) is 2.27. The summed E-state index contributed by atoms with van der Waals surface area (Å²) in [7, 11) is -0.441. The lowest BCUT2D eigenvalue weighted by Gasteiger charge is -2.42. The second-order valence-corrected chi connectivity index (χ2v) is 8.59. The monoisotopic (exact) mass is 335 g/mol. The van der Waals surface area contributed by atoms with Gasteiger partial charge in [-0.05, 0) is 51.0 Å². The summed E-state index contributed by atoms with van der Waals surface area (Å²) in [5, 5.41) is 0. The molecule has 1 fully saturated rings. The van der Waals surface area contributed by atoms with Gasteiger partial charge < -0.3 is 14.1 Å². The van der Waals surface area contributed by atoms with Crippen LogP contribution in [0.4, 0.5) is 11.4 Å². The summed E-state index contributed by atoms with van der Waals surface area (Å²) in [4.78, 5) is 2.21. The Morgan fingerprint density at radius 3 is 1.52 bits per heavy atom. The van der Waals surface area contributed by atoms with Crippen molar-refractivity contribution in [2.45, 2.75) is 58.2 Å². The Morgan fingerprint density at radius 1 is 0.680 bits per heavy atom. The van der Waals surface area contributed by atoms with Crippen molar-refractivity contribution in [3.8, 4) is 0 Å². The molecule has 0 N–H and O–H groups in total. The molecule has 2 aliphatic heterocycles. The van der Waals surface area contributed by atoms with Crippen molar-refractivity contribution >= 4 is 18.6 Å². The van der Waals surface area contributed by atoms with Crippen LogP contribution in [-0.4, -0.2) is 18.5 Å². The molecule has 2 aliphatic rings. The van der Waals surface area contributed by atoms with E-state index in [1.165, 1.54) is 11.1 Å². The van der Waals surface area contributed by atoms with E-state index >= 15 is 0 Å². The molecule has 0 spiro atoms. The lowest BCUT2D eigenvalue weighted by molar-refractivity contribution is 0.00578. The van der Waals surface area contributed by atoms with Gasteiger partial charge in [0.15, 0.2) is 0 Å². The van der Waals surface area contributed by atoms with Crippen molar-refractivity contribution in [3.05, 3.63) is 59.7 Å². The first-order chi connectivity index (χ1) is 11.7. The van der Waals surface area contributed by atoms with Crippen LogP contribution in [0.1, 0.15) is 52.7 Å². The number of para-hydroxylation sites is 2. The summed E-state index contributed by atoms with van der Waals surface area (Å²) in [6.07, 6.45) is 0. The smallest absolute Gasteiger partial charge is 0.384 e. The average Bonchev–Trinajstić information content (AvgIpc) is 2.75. The Balaban J connectivity index is 1.90. The van der Waals surface area contributed by atoms with E-state index in [0.29, 0.717) is 0 Å². The fourth-order valence-electron chi connectivity index (χ4n) is 3.84. The highest BCUT2D eigenvalue weighted by Gasteiger charge is 2.56. The zero-order valence-corrected chi connectivity index (χ0v) is 16.0. The van der Waals surface area contributed by atoms with Crippen LogP contribution < -0.4 is 4.81 Å². The maximum Gasteiger partial charge on any atom is 0.598 e. The molecule has 3 nitrogen and oxygen atoms in total. The van der Waals surface area contributed by atoms with Gasteiger partial charge in [0.2, 0.25) is 0 Å². The standard InChI is InChI=1S/C21H26BNO2/c1-19(2)15-11-7-9-13-17(15)23(18-14-10-8-12-16(18)19)22-24-20(3,4)21(5,6)25-22/h7-14H,1-6H3. The van der Waals surface area contributed by atoms with Crippen molar-refractivity contribution in [3.63, 3.8) is 0 Å². The highest BCUT2D eigenvalue weighted by Crippen LogP contribution is 2.51. The van der Waals surface area contributed by atoms with Gasteiger partial charge >= 0.3 is 7.25 Å². The first-order valence-electron chi connectivity index (χ1n) is 8.99. The quantitative estimate of drug-likeness (QED) is 0.681.